The largest absolute Gasteiger partial charge is 0.395 e. The van der Waals surface area contributed by atoms with E-state index >= 15 is 0 Å². The molecule has 4 N–H and O–H groups in total. The Balaban J connectivity index is 2.08. The molecule has 1 saturated heterocycles. The van der Waals surface area contributed by atoms with Crippen LogP contribution in [-0.2, 0) is 0 Å². The normalized spacial score (nSPS) is 42.8. The van der Waals surface area contributed by atoms with Crippen molar-refractivity contribution in [1.29, 1.82) is 0 Å². The van der Waals surface area contributed by atoms with Crippen molar-refractivity contribution in [1.82, 2.24) is 5.32 Å². The monoisotopic (exact) mass is 246 g/mol. The molecule has 16 heavy (non-hydrogen) atoms. The van der Waals surface area contributed by atoms with Crippen molar-refractivity contribution in [3.63, 3.8) is 0 Å². The minimum atomic E-state index is -0.888. The molecule has 2 heterocycles. The van der Waals surface area contributed by atoms with Gasteiger partial charge in [-0.25, -0.2) is 0 Å². The third kappa shape index (κ3) is 2.07. The minimum Gasteiger partial charge on any atom is -0.395 e. The Morgan fingerprint density at radius 3 is 2.81 bits per heavy atom. The molecular weight excluding hydrogens is 228 g/mol. The molecule has 2 aliphatic heterocycles. The van der Waals surface area contributed by atoms with Gasteiger partial charge in [0.1, 0.15) is 6.10 Å². The molecule has 1 fully saturated rings. The van der Waals surface area contributed by atoms with Crippen LogP contribution in [0.5, 0.6) is 0 Å². The van der Waals surface area contributed by atoms with Crippen molar-refractivity contribution >= 4 is 17.6 Å². The van der Waals surface area contributed by atoms with Gasteiger partial charge in [0.2, 0.25) is 0 Å². The third-order valence-corrected chi connectivity index (χ3v) is 4.64. The zero-order chi connectivity index (χ0) is 11.7. The van der Waals surface area contributed by atoms with E-state index in [1.807, 2.05) is 6.92 Å². The molecule has 0 aromatic rings. The predicted molar refractivity (Wildman–Crippen MR) is 63.8 cm³/mol. The quantitative estimate of drug-likeness (QED) is 0.500. The number of aliphatic hydroxyl groups excluding tert-OH is 3. The van der Waals surface area contributed by atoms with Crippen LogP contribution in [0.25, 0.3) is 0 Å². The first kappa shape index (κ1) is 12.2. The van der Waals surface area contributed by atoms with Crippen LogP contribution in [0.4, 0.5) is 0 Å². The Morgan fingerprint density at radius 2 is 2.19 bits per heavy atom. The van der Waals surface area contributed by atoms with Crippen molar-refractivity contribution in [2.75, 3.05) is 13.2 Å². The molecule has 0 aromatic heterocycles. The summed E-state index contributed by atoms with van der Waals surface area (Å²) in [7, 11) is 0. The van der Waals surface area contributed by atoms with Crippen LogP contribution < -0.4 is 5.32 Å². The van der Waals surface area contributed by atoms with Crippen LogP contribution in [0.15, 0.2) is 4.99 Å². The lowest BCUT2D eigenvalue weighted by Gasteiger charge is -2.37. The maximum absolute atomic E-state index is 9.93. The Morgan fingerprint density at radius 1 is 1.44 bits per heavy atom. The summed E-state index contributed by atoms with van der Waals surface area (Å²) in [5.74, 6) is 0.898. The van der Waals surface area contributed by atoms with Crippen molar-refractivity contribution < 1.29 is 15.3 Å². The summed E-state index contributed by atoms with van der Waals surface area (Å²) >= 11 is 1.53. The van der Waals surface area contributed by atoms with Crippen molar-refractivity contribution in [2.24, 2.45) is 4.99 Å². The zero-order valence-electron chi connectivity index (χ0n) is 9.21. The molecule has 0 spiro atoms. The van der Waals surface area contributed by atoms with Crippen LogP contribution in [0.3, 0.4) is 0 Å². The molecule has 0 bridgehead atoms. The number of hydrogen-bond acceptors (Lipinski definition) is 6. The van der Waals surface area contributed by atoms with Gasteiger partial charge in [0.15, 0.2) is 0 Å². The van der Waals surface area contributed by atoms with E-state index in [-0.39, 0.29) is 23.1 Å². The molecule has 0 unspecified atom stereocenters. The number of hydrogen-bond donors (Lipinski definition) is 4. The molecule has 0 saturated carbocycles. The van der Waals surface area contributed by atoms with E-state index in [1.54, 1.807) is 0 Å². The number of fused-ring (bicyclic) bond motifs is 1. The highest BCUT2D eigenvalue weighted by molar-refractivity contribution is 8.00. The summed E-state index contributed by atoms with van der Waals surface area (Å²) in [5.41, 5.74) is 0. The number of aliphatic imine (C=N–C) groups is 1. The van der Waals surface area contributed by atoms with Crippen LogP contribution in [-0.4, -0.2) is 63.1 Å². The molecular formula is C10H18N2O3S. The lowest BCUT2D eigenvalue weighted by atomic mass is 10.00. The number of nitrogens with one attached hydrogen (secondary N) is 1. The van der Waals surface area contributed by atoms with E-state index < -0.39 is 12.2 Å². The standard InChI is InChI=1S/C10H18N2O3S/c1-2-11-7-3-5-8(12-7)10(15)9(14)6(4-13)16-5/h5-6,8-10,13-15H,2-4H2,1H3,(H,11,12)/t5-,6-,8+,9-,10-/m1/s1. The second-order valence-electron chi connectivity index (χ2n) is 4.18. The minimum absolute atomic E-state index is 0.108. The number of nitrogens with zero attached hydrogens (tertiary/aromatic N) is 1. The van der Waals surface area contributed by atoms with Gasteiger partial charge in [-0.3, -0.25) is 4.99 Å². The first-order valence-corrected chi connectivity index (χ1v) is 6.54. The molecule has 5 nitrogen and oxygen atoms in total. The van der Waals surface area contributed by atoms with Gasteiger partial charge in [-0.1, -0.05) is 0 Å². The lowest BCUT2D eigenvalue weighted by Crippen LogP contribution is -2.51. The van der Waals surface area contributed by atoms with Gasteiger partial charge in [-0.2, -0.15) is 0 Å². The molecule has 0 amide bonds. The van der Waals surface area contributed by atoms with Gasteiger partial charge < -0.3 is 20.6 Å². The van der Waals surface area contributed by atoms with E-state index in [1.165, 1.54) is 11.8 Å². The Labute approximate surface area is 99.0 Å². The van der Waals surface area contributed by atoms with Crippen molar-refractivity contribution in [3.8, 4) is 0 Å². The Kier molecular flexibility index (Phi) is 3.73. The average molecular weight is 246 g/mol. The van der Waals surface area contributed by atoms with Crippen LogP contribution in [0.2, 0.25) is 0 Å². The fourth-order valence-electron chi connectivity index (χ4n) is 2.25. The summed E-state index contributed by atoms with van der Waals surface area (Å²) in [5, 5.41) is 31.9. The number of thioether (sulfide) groups is 1. The SMILES string of the molecule is CCNC1=N[C@@H]2[C@@H](O)[C@H](O)[C@@H](CO)S[C@@H]2C1. The first-order chi connectivity index (χ1) is 7.67. The van der Waals surface area contributed by atoms with Gasteiger partial charge >= 0.3 is 0 Å². The van der Waals surface area contributed by atoms with E-state index in [0.717, 1.165) is 18.8 Å². The van der Waals surface area contributed by atoms with Crippen LogP contribution in [0, 0.1) is 0 Å². The number of amidine groups is 1. The molecule has 2 aliphatic rings. The topological polar surface area (TPSA) is 85.1 Å². The smallest absolute Gasteiger partial charge is 0.104 e. The van der Waals surface area contributed by atoms with Crippen LogP contribution >= 0.6 is 11.8 Å². The second-order valence-corrected chi connectivity index (χ2v) is 5.66. The van der Waals surface area contributed by atoms with E-state index in [9.17, 15) is 10.2 Å². The molecule has 0 radical (unpaired) electrons. The highest BCUT2D eigenvalue weighted by Crippen LogP contribution is 2.38. The predicted octanol–water partition coefficient (Wildman–Crippen LogP) is -1.04. The van der Waals surface area contributed by atoms with Crippen molar-refractivity contribution in [2.45, 2.75) is 42.1 Å². The number of rotatable bonds is 2. The third-order valence-electron chi connectivity index (χ3n) is 3.07. The van der Waals surface area contributed by atoms with Gasteiger partial charge in [0.25, 0.3) is 0 Å². The van der Waals surface area contributed by atoms with Crippen LogP contribution in [0.1, 0.15) is 13.3 Å². The zero-order valence-corrected chi connectivity index (χ0v) is 10.0. The Bertz CT molecular complexity index is 287. The van der Waals surface area contributed by atoms with E-state index in [2.05, 4.69) is 10.3 Å². The molecule has 0 aromatic carbocycles. The fourth-order valence-corrected chi connectivity index (χ4v) is 3.75. The van der Waals surface area contributed by atoms with E-state index in [4.69, 9.17) is 5.11 Å². The molecule has 2 rings (SSSR count). The summed E-state index contributed by atoms with van der Waals surface area (Å²) < 4.78 is 0. The van der Waals surface area contributed by atoms with Gasteiger partial charge in [0, 0.05) is 18.2 Å². The lowest BCUT2D eigenvalue weighted by molar-refractivity contribution is -0.00798. The average Bonchev–Trinajstić information content (AvgIpc) is 2.67. The highest BCUT2D eigenvalue weighted by Gasteiger charge is 2.46. The molecule has 5 atom stereocenters. The summed E-state index contributed by atoms with van der Waals surface area (Å²) in [6.07, 6.45) is -0.968. The Hall–Kier alpha value is -0.300. The second kappa shape index (κ2) is 4.91. The summed E-state index contributed by atoms with van der Waals surface area (Å²) in [4.78, 5) is 4.39. The molecule has 0 aliphatic carbocycles. The molecule has 6 heteroatoms. The molecule has 92 valence electrons. The number of aliphatic hydroxyl groups is 3. The van der Waals surface area contributed by atoms with Gasteiger partial charge in [-0.15, -0.1) is 11.8 Å². The van der Waals surface area contributed by atoms with E-state index in [0.29, 0.717) is 0 Å². The van der Waals surface area contributed by atoms with Gasteiger partial charge in [0.05, 0.1) is 29.8 Å². The first-order valence-electron chi connectivity index (χ1n) is 5.60. The maximum Gasteiger partial charge on any atom is 0.104 e. The summed E-state index contributed by atoms with van der Waals surface area (Å²) in [6.45, 7) is 2.70. The van der Waals surface area contributed by atoms with Crippen molar-refractivity contribution in [3.05, 3.63) is 0 Å². The fraction of sp³-hybridized carbons (Fsp3) is 0.900. The summed E-state index contributed by atoms with van der Waals surface area (Å²) in [6, 6.07) is -0.239. The maximum atomic E-state index is 9.93. The highest BCUT2D eigenvalue weighted by atomic mass is 32.2. The van der Waals surface area contributed by atoms with Gasteiger partial charge in [-0.05, 0) is 6.92 Å².